The number of benzene rings is 2. The van der Waals surface area contributed by atoms with Crippen molar-refractivity contribution in [1.29, 1.82) is 5.26 Å². The molecule has 1 aliphatic heterocycles. The first-order valence-electron chi connectivity index (χ1n) is 13.2. The molecule has 5 rings (SSSR count). The molecular weight excluding hydrogens is 530 g/mol. The Morgan fingerprint density at radius 3 is 2.56 bits per heavy atom. The van der Waals surface area contributed by atoms with Gasteiger partial charge in [0.15, 0.2) is 0 Å². The van der Waals surface area contributed by atoms with Crippen LogP contribution >= 0.6 is 0 Å². The Hall–Kier alpha value is -4.78. The van der Waals surface area contributed by atoms with Crippen LogP contribution in [-0.2, 0) is 25.3 Å². The van der Waals surface area contributed by atoms with Crippen molar-refractivity contribution >= 4 is 0 Å². The minimum absolute atomic E-state index is 0.0976. The summed E-state index contributed by atoms with van der Waals surface area (Å²) in [4.78, 5) is 20.6. The van der Waals surface area contributed by atoms with E-state index in [0.29, 0.717) is 19.4 Å². The van der Waals surface area contributed by atoms with Gasteiger partial charge in [0.25, 0.3) is 5.92 Å². The van der Waals surface area contributed by atoms with E-state index in [0.717, 1.165) is 41.3 Å². The van der Waals surface area contributed by atoms with E-state index in [9.17, 15) is 18.8 Å². The second-order valence-electron chi connectivity index (χ2n) is 9.10. The van der Waals surface area contributed by atoms with Crippen molar-refractivity contribution in [3.8, 4) is 40.6 Å². The number of fused-ring (bicyclic) bond motifs is 3. The van der Waals surface area contributed by atoms with Gasteiger partial charge in [0.05, 0.1) is 25.0 Å². The number of halogens is 2. The van der Waals surface area contributed by atoms with Gasteiger partial charge in [-0.1, -0.05) is 19.9 Å². The molecule has 0 unspecified atom stereocenters. The maximum atomic E-state index is 13.4. The summed E-state index contributed by atoms with van der Waals surface area (Å²) in [6.45, 7) is 5.54. The number of pyridine rings is 1. The Morgan fingerprint density at radius 1 is 1.07 bits per heavy atom. The predicted octanol–water partition coefficient (Wildman–Crippen LogP) is 6.29. The second kappa shape index (κ2) is 12.6. The quantitative estimate of drug-likeness (QED) is 0.250. The van der Waals surface area contributed by atoms with Gasteiger partial charge in [0.1, 0.15) is 17.6 Å². The van der Waals surface area contributed by atoms with E-state index < -0.39 is 5.92 Å². The van der Waals surface area contributed by atoms with Crippen LogP contribution in [0.3, 0.4) is 0 Å². The number of hydrogen-bond donors (Lipinski definition) is 0. The molecule has 0 N–H and O–H groups in total. The molecule has 10 heteroatoms. The van der Waals surface area contributed by atoms with Gasteiger partial charge < -0.3 is 14.2 Å². The Labute approximate surface area is 236 Å². The largest absolute Gasteiger partial charge is 0.497 e. The average molecular weight is 561 g/mol. The topological polar surface area (TPSA) is 99.3 Å². The molecule has 2 aromatic carbocycles. The molecule has 1 aliphatic rings. The Morgan fingerprint density at radius 2 is 1.88 bits per heavy atom. The normalized spacial score (nSPS) is 11.7. The lowest BCUT2D eigenvalue weighted by Gasteiger charge is -2.22. The first kappa shape index (κ1) is 29.2. The molecule has 212 valence electrons. The summed E-state index contributed by atoms with van der Waals surface area (Å²) in [5, 5.41) is 9.60. The highest BCUT2D eigenvalue weighted by Crippen LogP contribution is 2.32. The van der Waals surface area contributed by atoms with Gasteiger partial charge in [-0.2, -0.15) is 10.2 Å². The summed E-state index contributed by atoms with van der Waals surface area (Å²) < 4.78 is 45.2. The number of methoxy groups -OCH3 is 1. The summed E-state index contributed by atoms with van der Waals surface area (Å²) in [6, 6.07) is 17.2. The van der Waals surface area contributed by atoms with Gasteiger partial charge in [0.2, 0.25) is 11.8 Å². The molecule has 0 aliphatic carbocycles. The number of aryl methyl sites for hydroxylation is 1. The maximum absolute atomic E-state index is 13.4. The van der Waals surface area contributed by atoms with Crippen LogP contribution in [-0.4, -0.2) is 28.3 Å². The van der Waals surface area contributed by atoms with Crippen LogP contribution in [0.2, 0.25) is 0 Å². The van der Waals surface area contributed by atoms with Crippen LogP contribution in [0.4, 0.5) is 8.78 Å². The van der Waals surface area contributed by atoms with E-state index in [-0.39, 0.29) is 40.9 Å². The number of rotatable bonds is 8. The lowest BCUT2D eigenvalue weighted by atomic mass is 9.97. The van der Waals surface area contributed by atoms with Crippen molar-refractivity contribution in [2.45, 2.75) is 46.1 Å². The fraction of sp³-hybridized carbons (Fsp3) is 0.290. The summed E-state index contributed by atoms with van der Waals surface area (Å²) in [5.74, 6) is -1.67. The standard InChI is InChI=1S/C29H24F2N4O4.C2H6/c1-29(30,31)21-4-8-26(33-17-21)39-25-7-3-18(13-20(25)16-32)10-12-38-27-15-24-23-6-5-22(37-2)14-19(23)9-11-35(24)28(36)34-27;1-2/h3-8,13-15,17H,9-12H2,1-2H3;1-2H3. The molecule has 4 aromatic rings. The number of ether oxygens (including phenoxy) is 3. The molecule has 3 heterocycles. The van der Waals surface area contributed by atoms with Gasteiger partial charge in [-0.3, -0.25) is 4.57 Å². The SMILES string of the molecule is CC.COc1ccc2c(c1)CCn1c-2cc(OCCc2ccc(Oc3ccc(C(C)(F)F)cn3)c(C#N)c2)nc1=O. The van der Waals surface area contributed by atoms with Crippen LogP contribution in [0.25, 0.3) is 11.3 Å². The lowest BCUT2D eigenvalue weighted by molar-refractivity contribution is 0.0170. The zero-order chi connectivity index (χ0) is 29.6. The highest BCUT2D eigenvalue weighted by Gasteiger charge is 2.24. The Bertz CT molecular complexity index is 1620. The zero-order valence-electron chi connectivity index (χ0n) is 23.3. The fourth-order valence-electron chi connectivity index (χ4n) is 4.38. The molecular formula is C31H30F2N4O4. The summed E-state index contributed by atoms with van der Waals surface area (Å²) in [7, 11) is 1.62. The van der Waals surface area contributed by atoms with E-state index in [1.54, 1.807) is 35.9 Å². The number of aromatic nitrogens is 3. The molecule has 0 atom stereocenters. The van der Waals surface area contributed by atoms with Gasteiger partial charge in [-0.15, -0.1) is 0 Å². The van der Waals surface area contributed by atoms with Gasteiger partial charge >= 0.3 is 5.69 Å². The summed E-state index contributed by atoms with van der Waals surface area (Å²) in [5.41, 5.74) is 3.23. The Balaban J connectivity index is 0.00000189. The van der Waals surface area contributed by atoms with Gasteiger partial charge in [0, 0.05) is 49.3 Å². The lowest BCUT2D eigenvalue weighted by Crippen LogP contribution is -2.28. The van der Waals surface area contributed by atoms with Crippen LogP contribution in [0, 0.1) is 11.3 Å². The molecule has 0 spiro atoms. The van der Waals surface area contributed by atoms with Crippen molar-refractivity contribution in [2.75, 3.05) is 13.7 Å². The molecule has 2 aromatic heterocycles. The molecule has 8 nitrogen and oxygen atoms in total. The van der Waals surface area contributed by atoms with E-state index >= 15 is 0 Å². The fourth-order valence-corrected chi connectivity index (χ4v) is 4.38. The number of hydrogen-bond acceptors (Lipinski definition) is 7. The third-order valence-electron chi connectivity index (χ3n) is 6.44. The highest BCUT2D eigenvalue weighted by molar-refractivity contribution is 5.67. The molecule has 0 bridgehead atoms. The summed E-state index contributed by atoms with van der Waals surface area (Å²) >= 11 is 0. The predicted molar refractivity (Wildman–Crippen MR) is 150 cm³/mol. The highest BCUT2D eigenvalue weighted by atomic mass is 19.3. The van der Waals surface area contributed by atoms with E-state index in [1.165, 1.54) is 12.1 Å². The molecule has 0 amide bonds. The number of nitrogens with zero attached hydrogens (tertiary/aromatic N) is 4. The average Bonchev–Trinajstić information content (AvgIpc) is 2.98. The minimum Gasteiger partial charge on any atom is -0.497 e. The van der Waals surface area contributed by atoms with Crippen molar-refractivity contribution < 1.29 is 23.0 Å². The molecule has 41 heavy (non-hydrogen) atoms. The van der Waals surface area contributed by atoms with Gasteiger partial charge in [-0.05, 0) is 53.9 Å². The van der Waals surface area contributed by atoms with Crippen LogP contribution in [0.1, 0.15) is 43.0 Å². The first-order valence-corrected chi connectivity index (χ1v) is 13.2. The second-order valence-corrected chi connectivity index (χ2v) is 9.10. The van der Waals surface area contributed by atoms with Crippen molar-refractivity contribution in [3.63, 3.8) is 0 Å². The third kappa shape index (κ3) is 6.69. The number of nitriles is 1. The molecule has 0 saturated heterocycles. The van der Waals surface area contributed by atoms with Crippen LogP contribution in [0.15, 0.2) is 65.6 Å². The van der Waals surface area contributed by atoms with Crippen molar-refractivity contribution in [2.24, 2.45) is 0 Å². The molecule has 0 fully saturated rings. The van der Waals surface area contributed by atoms with Crippen LogP contribution in [0.5, 0.6) is 23.3 Å². The minimum atomic E-state index is -3.01. The van der Waals surface area contributed by atoms with E-state index in [1.807, 2.05) is 32.0 Å². The zero-order valence-corrected chi connectivity index (χ0v) is 23.3. The Kier molecular flexibility index (Phi) is 8.97. The van der Waals surface area contributed by atoms with Crippen LogP contribution < -0.4 is 19.9 Å². The maximum Gasteiger partial charge on any atom is 0.351 e. The monoisotopic (exact) mass is 560 g/mol. The van der Waals surface area contributed by atoms with Crippen molar-refractivity contribution in [1.82, 2.24) is 14.5 Å². The van der Waals surface area contributed by atoms with Gasteiger partial charge in [-0.25, -0.2) is 18.6 Å². The molecule has 0 radical (unpaired) electrons. The summed E-state index contributed by atoms with van der Waals surface area (Å²) in [6.07, 6.45) is 2.20. The van der Waals surface area contributed by atoms with E-state index in [4.69, 9.17) is 14.2 Å². The smallest absolute Gasteiger partial charge is 0.351 e. The van der Waals surface area contributed by atoms with Crippen molar-refractivity contribution in [3.05, 3.63) is 93.5 Å². The first-order chi connectivity index (χ1) is 19.7. The van der Waals surface area contributed by atoms with E-state index in [2.05, 4.69) is 16.0 Å². The number of alkyl halides is 2. The molecule has 0 saturated carbocycles. The third-order valence-corrected chi connectivity index (χ3v) is 6.44.